The second-order valence-electron chi connectivity index (χ2n) is 8.30. The van der Waals surface area contributed by atoms with Crippen LogP contribution < -0.4 is 4.74 Å². The van der Waals surface area contributed by atoms with Crippen LogP contribution >= 0.6 is 0 Å². The van der Waals surface area contributed by atoms with Crippen LogP contribution in [0.3, 0.4) is 0 Å². The molecule has 1 atom stereocenters. The standard InChI is InChI=1S/C25H32N2O2/c1-20(2)25(28,22-7-4-3-5-8-22)23-13-16-27(17-14-23)15-6-18-29-24-11-9-21(19-26)10-12-24/h3-5,7-12,20,23,28H,6,13-18H2,1-2H3. The van der Waals surface area contributed by atoms with Crippen LogP contribution in [0, 0.1) is 23.2 Å². The molecule has 29 heavy (non-hydrogen) atoms. The Morgan fingerprint density at radius 1 is 1.10 bits per heavy atom. The van der Waals surface area contributed by atoms with Crippen LogP contribution in [-0.4, -0.2) is 36.2 Å². The second-order valence-corrected chi connectivity index (χ2v) is 8.30. The van der Waals surface area contributed by atoms with Gasteiger partial charge in [-0.1, -0.05) is 44.2 Å². The maximum Gasteiger partial charge on any atom is 0.119 e. The second kappa shape index (κ2) is 9.91. The first-order chi connectivity index (χ1) is 14.0. The van der Waals surface area contributed by atoms with Gasteiger partial charge in [0.25, 0.3) is 0 Å². The minimum Gasteiger partial charge on any atom is -0.494 e. The monoisotopic (exact) mass is 392 g/mol. The fourth-order valence-corrected chi connectivity index (χ4v) is 4.45. The van der Waals surface area contributed by atoms with E-state index in [1.807, 2.05) is 30.3 Å². The van der Waals surface area contributed by atoms with E-state index < -0.39 is 5.60 Å². The van der Waals surface area contributed by atoms with Gasteiger partial charge in [0.05, 0.1) is 23.8 Å². The van der Waals surface area contributed by atoms with Crippen molar-refractivity contribution in [3.63, 3.8) is 0 Å². The van der Waals surface area contributed by atoms with Gasteiger partial charge < -0.3 is 14.7 Å². The van der Waals surface area contributed by atoms with E-state index in [0.717, 1.165) is 50.2 Å². The molecule has 1 N–H and O–H groups in total. The van der Waals surface area contributed by atoms with Crippen LogP contribution in [-0.2, 0) is 5.60 Å². The Bertz CT molecular complexity index is 790. The molecule has 4 heteroatoms. The molecule has 0 bridgehead atoms. The number of aliphatic hydroxyl groups is 1. The number of piperidine rings is 1. The van der Waals surface area contributed by atoms with Crippen LogP contribution in [0.4, 0.5) is 0 Å². The predicted molar refractivity (Wildman–Crippen MR) is 116 cm³/mol. The Morgan fingerprint density at radius 3 is 2.34 bits per heavy atom. The van der Waals surface area contributed by atoms with Crippen molar-refractivity contribution in [2.75, 3.05) is 26.2 Å². The van der Waals surface area contributed by atoms with Crippen LogP contribution in [0.5, 0.6) is 5.75 Å². The molecule has 1 aliphatic heterocycles. The average molecular weight is 393 g/mol. The zero-order valence-electron chi connectivity index (χ0n) is 17.6. The Kier molecular flexibility index (Phi) is 7.30. The van der Waals surface area contributed by atoms with E-state index in [1.54, 1.807) is 12.1 Å². The molecular formula is C25H32N2O2. The van der Waals surface area contributed by atoms with Crippen LogP contribution in [0.25, 0.3) is 0 Å². The van der Waals surface area contributed by atoms with E-state index in [4.69, 9.17) is 10.00 Å². The van der Waals surface area contributed by atoms with E-state index in [1.165, 1.54) is 0 Å². The van der Waals surface area contributed by atoms with Crippen molar-refractivity contribution in [1.29, 1.82) is 5.26 Å². The fourth-order valence-electron chi connectivity index (χ4n) is 4.45. The van der Waals surface area contributed by atoms with Crippen molar-refractivity contribution in [3.8, 4) is 11.8 Å². The summed E-state index contributed by atoms with van der Waals surface area (Å²) in [7, 11) is 0. The summed E-state index contributed by atoms with van der Waals surface area (Å²) in [4.78, 5) is 2.48. The highest BCUT2D eigenvalue weighted by atomic mass is 16.5. The first-order valence-corrected chi connectivity index (χ1v) is 10.7. The normalized spacial score (nSPS) is 17.6. The zero-order valence-corrected chi connectivity index (χ0v) is 17.6. The lowest BCUT2D eigenvalue weighted by Gasteiger charge is -2.44. The van der Waals surface area contributed by atoms with Crippen molar-refractivity contribution in [2.45, 2.75) is 38.7 Å². The third kappa shape index (κ3) is 5.18. The van der Waals surface area contributed by atoms with Crippen LogP contribution in [0.2, 0.25) is 0 Å². The van der Waals surface area contributed by atoms with Gasteiger partial charge in [-0.3, -0.25) is 0 Å². The lowest BCUT2D eigenvalue weighted by atomic mass is 9.70. The molecule has 3 rings (SSSR count). The Balaban J connectivity index is 1.45. The summed E-state index contributed by atoms with van der Waals surface area (Å²) < 4.78 is 5.79. The molecule has 2 aromatic carbocycles. The highest BCUT2D eigenvalue weighted by Gasteiger charge is 2.42. The van der Waals surface area contributed by atoms with Gasteiger partial charge in [-0.2, -0.15) is 5.26 Å². The highest BCUT2D eigenvalue weighted by molar-refractivity contribution is 5.34. The summed E-state index contributed by atoms with van der Waals surface area (Å²) in [5.41, 5.74) is 0.938. The van der Waals surface area contributed by atoms with Gasteiger partial charge in [-0.15, -0.1) is 0 Å². The first-order valence-electron chi connectivity index (χ1n) is 10.7. The van der Waals surface area contributed by atoms with E-state index >= 15 is 0 Å². The first kappa shape index (κ1) is 21.4. The Labute approximate surface area is 174 Å². The summed E-state index contributed by atoms with van der Waals surface area (Å²) >= 11 is 0. The molecule has 1 fully saturated rings. The van der Waals surface area contributed by atoms with Crippen molar-refractivity contribution >= 4 is 0 Å². The topological polar surface area (TPSA) is 56.5 Å². The van der Waals surface area contributed by atoms with Gasteiger partial charge in [0, 0.05) is 6.54 Å². The molecule has 0 spiro atoms. The number of nitriles is 1. The molecule has 2 aromatic rings. The quantitative estimate of drug-likeness (QED) is 0.668. The van der Waals surface area contributed by atoms with Gasteiger partial charge in [0.1, 0.15) is 5.75 Å². The lowest BCUT2D eigenvalue weighted by molar-refractivity contribution is -0.0848. The van der Waals surface area contributed by atoms with Crippen molar-refractivity contribution in [2.24, 2.45) is 11.8 Å². The third-order valence-corrected chi connectivity index (χ3v) is 6.20. The van der Waals surface area contributed by atoms with Gasteiger partial charge in [0.15, 0.2) is 0 Å². The van der Waals surface area contributed by atoms with E-state index in [-0.39, 0.29) is 11.8 Å². The van der Waals surface area contributed by atoms with Crippen molar-refractivity contribution < 1.29 is 9.84 Å². The summed E-state index contributed by atoms with van der Waals surface area (Å²) in [6.07, 6.45) is 3.00. The molecule has 1 heterocycles. The molecule has 0 aliphatic carbocycles. The number of hydrogen-bond acceptors (Lipinski definition) is 4. The van der Waals surface area contributed by atoms with Gasteiger partial charge >= 0.3 is 0 Å². The lowest BCUT2D eigenvalue weighted by Crippen LogP contribution is -2.46. The molecular weight excluding hydrogens is 360 g/mol. The molecule has 1 unspecified atom stereocenters. The maximum absolute atomic E-state index is 11.6. The fraction of sp³-hybridized carbons (Fsp3) is 0.480. The van der Waals surface area contributed by atoms with Gasteiger partial charge in [-0.05, 0) is 74.0 Å². The van der Waals surface area contributed by atoms with Gasteiger partial charge in [0.2, 0.25) is 0 Å². The minimum atomic E-state index is -0.758. The summed E-state index contributed by atoms with van der Waals surface area (Å²) in [6.45, 7) is 7.97. The SMILES string of the molecule is CC(C)C(O)(c1ccccc1)C1CCN(CCCOc2ccc(C#N)cc2)CC1. The number of rotatable bonds is 8. The number of likely N-dealkylation sites (tertiary alicyclic amines) is 1. The summed E-state index contributed by atoms with van der Waals surface area (Å²) in [6, 6.07) is 19.5. The molecule has 0 amide bonds. The molecule has 0 radical (unpaired) electrons. The minimum absolute atomic E-state index is 0.183. The van der Waals surface area contributed by atoms with E-state index in [9.17, 15) is 5.11 Å². The average Bonchev–Trinajstić information content (AvgIpc) is 2.77. The smallest absolute Gasteiger partial charge is 0.119 e. The number of hydrogen-bond donors (Lipinski definition) is 1. The number of ether oxygens (including phenoxy) is 1. The molecule has 1 saturated heterocycles. The molecule has 154 valence electrons. The van der Waals surface area contributed by atoms with Crippen LogP contribution in [0.15, 0.2) is 54.6 Å². The van der Waals surface area contributed by atoms with E-state index in [2.05, 4.69) is 36.9 Å². The molecule has 0 saturated carbocycles. The predicted octanol–water partition coefficient (Wildman–Crippen LogP) is 4.58. The number of nitrogens with zero attached hydrogens (tertiary/aromatic N) is 2. The molecule has 1 aliphatic rings. The molecule has 0 aromatic heterocycles. The summed E-state index contributed by atoms with van der Waals surface area (Å²) in [5.74, 6) is 1.28. The summed E-state index contributed by atoms with van der Waals surface area (Å²) in [5, 5.41) is 20.4. The largest absolute Gasteiger partial charge is 0.494 e. The number of benzene rings is 2. The maximum atomic E-state index is 11.6. The van der Waals surface area contributed by atoms with E-state index in [0.29, 0.717) is 12.2 Å². The van der Waals surface area contributed by atoms with Gasteiger partial charge in [-0.25, -0.2) is 0 Å². The van der Waals surface area contributed by atoms with Crippen molar-refractivity contribution in [3.05, 3.63) is 65.7 Å². The third-order valence-electron chi connectivity index (χ3n) is 6.20. The Hall–Kier alpha value is -2.35. The van der Waals surface area contributed by atoms with Crippen LogP contribution in [0.1, 0.15) is 44.2 Å². The zero-order chi connectivity index (χ0) is 20.7. The molecule has 4 nitrogen and oxygen atoms in total. The van der Waals surface area contributed by atoms with Crippen molar-refractivity contribution in [1.82, 2.24) is 4.90 Å². The highest BCUT2D eigenvalue weighted by Crippen LogP contribution is 2.42. The Morgan fingerprint density at radius 2 is 1.76 bits per heavy atom.